The highest BCUT2D eigenvalue weighted by Crippen LogP contribution is 2.39. The van der Waals surface area contributed by atoms with Gasteiger partial charge in [0.2, 0.25) is 0 Å². The molecular weight excluding hydrogens is 256 g/mol. The van der Waals surface area contributed by atoms with Crippen molar-refractivity contribution in [3.63, 3.8) is 0 Å². The maximum absolute atomic E-state index is 11.1. The summed E-state index contributed by atoms with van der Waals surface area (Å²) in [6.07, 6.45) is 6.72. The van der Waals surface area contributed by atoms with Crippen molar-refractivity contribution in [1.29, 1.82) is 0 Å². The molecule has 0 spiro atoms. The summed E-state index contributed by atoms with van der Waals surface area (Å²) in [5, 5.41) is 11.1. The lowest BCUT2D eigenvalue weighted by Crippen LogP contribution is -2.34. The van der Waals surface area contributed by atoms with Crippen LogP contribution in [0.15, 0.2) is 18.2 Å². The van der Waals surface area contributed by atoms with Crippen LogP contribution in [0.25, 0.3) is 0 Å². The van der Waals surface area contributed by atoms with Crippen molar-refractivity contribution < 1.29 is 9.66 Å². The highest BCUT2D eigenvalue weighted by atomic mass is 16.6. The molecule has 0 aromatic heterocycles. The maximum atomic E-state index is 11.1. The van der Waals surface area contributed by atoms with E-state index in [1.807, 2.05) is 6.07 Å². The van der Waals surface area contributed by atoms with Crippen molar-refractivity contribution in [2.45, 2.75) is 38.5 Å². The minimum atomic E-state index is -0.391. The summed E-state index contributed by atoms with van der Waals surface area (Å²) in [5.41, 5.74) is 7.11. The molecule has 110 valence electrons. The number of nitrogens with zero attached hydrogens (tertiary/aromatic N) is 1. The lowest BCUT2D eigenvalue weighted by molar-refractivity contribution is -0.385. The number of nitro groups is 1. The summed E-state index contributed by atoms with van der Waals surface area (Å²) in [6, 6.07) is 5.23. The predicted octanol–water partition coefficient (Wildman–Crippen LogP) is 3.06. The standard InChI is InChI=1S/C15H22N2O3/c1-20-14-6-5-12(9-13(14)17(18)19)10-15(11-16)7-3-2-4-8-15/h5-6,9H,2-4,7-8,10-11,16H2,1H3. The van der Waals surface area contributed by atoms with Gasteiger partial charge in [-0.3, -0.25) is 10.1 Å². The molecule has 5 heteroatoms. The zero-order valence-corrected chi connectivity index (χ0v) is 11.9. The van der Waals surface area contributed by atoms with E-state index in [1.54, 1.807) is 12.1 Å². The van der Waals surface area contributed by atoms with E-state index in [2.05, 4.69) is 0 Å². The van der Waals surface area contributed by atoms with Gasteiger partial charge in [-0.2, -0.15) is 0 Å². The first-order chi connectivity index (χ1) is 9.60. The first-order valence-electron chi connectivity index (χ1n) is 7.12. The Balaban J connectivity index is 2.24. The molecule has 0 saturated heterocycles. The van der Waals surface area contributed by atoms with E-state index in [0.717, 1.165) is 24.8 Å². The van der Waals surface area contributed by atoms with Gasteiger partial charge < -0.3 is 10.5 Å². The summed E-state index contributed by atoms with van der Waals surface area (Å²) >= 11 is 0. The minimum absolute atomic E-state index is 0.0352. The summed E-state index contributed by atoms with van der Waals surface area (Å²) in [4.78, 5) is 10.7. The molecule has 1 aliphatic rings. The number of nitrogens with two attached hydrogens (primary N) is 1. The van der Waals surface area contributed by atoms with Gasteiger partial charge in [-0.25, -0.2) is 0 Å². The van der Waals surface area contributed by atoms with E-state index in [-0.39, 0.29) is 11.1 Å². The van der Waals surface area contributed by atoms with Crippen molar-refractivity contribution in [2.75, 3.05) is 13.7 Å². The van der Waals surface area contributed by atoms with E-state index in [9.17, 15) is 10.1 Å². The average Bonchev–Trinajstić information content (AvgIpc) is 2.48. The van der Waals surface area contributed by atoms with Gasteiger partial charge in [0.15, 0.2) is 5.75 Å². The Kier molecular flexibility index (Phi) is 4.60. The van der Waals surface area contributed by atoms with Gasteiger partial charge in [0.25, 0.3) is 0 Å². The van der Waals surface area contributed by atoms with Crippen LogP contribution in [-0.2, 0) is 6.42 Å². The largest absolute Gasteiger partial charge is 0.490 e. The lowest BCUT2D eigenvalue weighted by Gasteiger charge is -2.36. The number of hydrogen-bond donors (Lipinski definition) is 1. The van der Waals surface area contributed by atoms with Gasteiger partial charge in [-0.05, 0) is 42.9 Å². The average molecular weight is 278 g/mol. The molecular formula is C15H22N2O3. The molecule has 0 aliphatic heterocycles. The predicted molar refractivity (Wildman–Crippen MR) is 77.9 cm³/mol. The number of hydrogen-bond acceptors (Lipinski definition) is 4. The third-order valence-corrected chi connectivity index (χ3v) is 4.37. The topological polar surface area (TPSA) is 78.4 Å². The fourth-order valence-electron chi connectivity index (χ4n) is 3.18. The first-order valence-corrected chi connectivity index (χ1v) is 7.12. The molecule has 20 heavy (non-hydrogen) atoms. The summed E-state index contributed by atoms with van der Waals surface area (Å²) in [6.45, 7) is 0.646. The second-order valence-electron chi connectivity index (χ2n) is 5.70. The maximum Gasteiger partial charge on any atom is 0.311 e. The van der Waals surface area contributed by atoms with Crippen molar-refractivity contribution in [2.24, 2.45) is 11.1 Å². The Morgan fingerprint density at radius 1 is 1.35 bits per heavy atom. The first kappa shape index (κ1) is 14.8. The molecule has 0 heterocycles. The molecule has 1 aliphatic carbocycles. The van der Waals surface area contributed by atoms with Crippen LogP contribution in [0, 0.1) is 15.5 Å². The number of nitro benzene ring substituents is 1. The smallest absolute Gasteiger partial charge is 0.311 e. The summed E-state index contributed by atoms with van der Waals surface area (Å²) in [7, 11) is 1.45. The molecule has 0 unspecified atom stereocenters. The number of rotatable bonds is 5. The Labute approximate surface area is 119 Å². The summed E-state index contributed by atoms with van der Waals surface area (Å²) in [5.74, 6) is 0.309. The lowest BCUT2D eigenvalue weighted by atomic mass is 9.70. The molecule has 0 radical (unpaired) electrons. The Hall–Kier alpha value is -1.62. The van der Waals surface area contributed by atoms with Crippen LogP contribution in [0.4, 0.5) is 5.69 Å². The van der Waals surface area contributed by atoms with Crippen LogP contribution in [0.5, 0.6) is 5.75 Å². The van der Waals surface area contributed by atoms with E-state index in [0.29, 0.717) is 12.3 Å². The van der Waals surface area contributed by atoms with Gasteiger partial charge in [-0.1, -0.05) is 25.3 Å². The van der Waals surface area contributed by atoms with Gasteiger partial charge in [-0.15, -0.1) is 0 Å². The molecule has 1 aromatic rings. The number of ether oxygens (including phenoxy) is 1. The minimum Gasteiger partial charge on any atom is -0.490 e. The van der Waals surface area contributed by atoms with Crippen molar-refractivity contribution >= 4 is 5.69 Å². The molecule has 1 saturated carbocycles. The third kappa shape index (κ3) is 3.10. The van der Waals surface area contributed by atoms with Crippen molar-refractivity contribution in [3.05, 3.63) is 33.9 Å². The zero-order chi connectivity index (χ0) is 14.6. The molecule has 0 amide bonds. The van der Waals surface area contributed by atoms with Gasteiger partial charge in [0, 0.05) is 6.07 Å². The van der Waals surface area contributed by atoms with Crippen LogP contribution in [0.3, 0.4) is 0 Å². The fourth-order valence-corrected chi connectivity index (χ4v) is 3.18. The van der Waals surface area contributed by atoms with E-state index in [1.165, 1.54) is 26.4 Å². The van der Waals surface area contributed by atoms with Crippen LogP contribution in [0.2, 0.25) is 0 Å². The van der Waals surface area contributed by atoms with Gasteiger partial charge in [0.05, 0.1) is 12.0 Å². The van der Waals surface area contributed by atoms with Crippen molar-refractivity contribution in [3.8, 4) is 5.75 Å². The van der Waals surface area contributed by atoms with Crippen molar-refractivity contribution in [1.82, 2.24) is 0 Å². The highest BCUT2D eigenvalue weighted by molar-refractivity contribution is 5.48. The van der Waals surface area contributed by atoms with E-state index in [4.69, 9.17) is 10.5 Å². The van der Waals surface area contributed by atoms with Crippen LogP contribution < -0.4 is 10.5 Å². The zero-order valence-electron chi connectivity index (χ0n) is 11.9. The molecule has 1 aromatic carbocycles. The number of methoxy groups -OCH3 is 1. The van der Waals surface area contributed by atoms with Crippen LogP contribution >= 0.6 is 0 Å². The summed E-state index contributed by atoms with van der Waals surface area (Å²) < 4.78 is 5.04. The third-order valence-electron chi connectivity index (χ3n) is 4.37. The highest BCUT2D eigenvalue weighted by Gasteiger charge is 2.31. The Bertz CT molecular complexity index is 482. The molecule has 5 nitrogen and oxygen atoms in total. The normalized spacial score (nSPS) is 17.7. The molecule has 0 bridgehead atoms. The van der Waals surface area contributed by atoms with Gasteiger partial charge in [0.1, 0.15) is 0 Å². The monoisotopic (exact) mass is 278 g/mol. The van der Waals surface area contributed by atoms with Crippen LogP contribution in [-0.4, -0.2) is 18.6 Å². The molecule has 0 atom stereocenters. The fraction of sp³-hybridized carbons (Fsp3) is 0.600. The second-order valence-corrected chi connectivity index (χ2v) is 5.70. The van der Waals surface area contributed by atoms with E-state index < -0.39 is 4.92 Å². The molecule has 2 rings (SSSR count). The molecule has 1 fully saturated rings. The molecule has 2 N–H and O–H groups in total. The Morgan fingerprint density at radius 2 is 2.05 bits per heavy atom. The number of benzene rings is 1. The SMILES string of the molecule is COc1ccc(CC2(CN)CCCCC2)cc1[N+](=O)[O-]. The quantitative estimate of drug-likeness (QED) is 0.663. The van der Waals surface area contributed by atoms with E-state index >= 15 is 0 Å². The van der Waals surface area contributed by atoms with Gasteiger partial charge >= 0.3 is 5.69 Å². The second kappa shape index (κ2) is 6.22. The Morgan fingerprint density at radius 3 is 2.60 bits per heavy atom. The van der Waals surface area contributed by atoms with Crippen LogP contribution in [0.1, 0.15) is 37.7 Å².